The summed E-state index contributed by atoms with van der Waals surface area (Å²) in [5, 5.41) is 1.02. The second-order valence-corrected chi connectivity index (χ2v) is 7.41. The van der Waals surface area contributed by atoms with Crippen molar-refractivity contribution >= 4 is 43.4 Å². The van der Waals surface area contributed by atoms with Crippen LogP contribution in [0.4, 0.5) is 0 Å². The lowest BCUT2D eigenvalue weighted by atomic mass is 10.5. The number of halogens is 1. The van der Waals surface area contributed by atoms with E-state index in [4.69, 9.17) is 0 Å². The summed E-state index contributed by atoms with van der Waals surface area (Å²) in [6.45, 7) is 0.409. The maximum absolute atomic E-state index is 10.9. The lowest BCUT2D eigenvalue weighted by Gasteiger charge is -2.06. The Labute approximate surface area is 118 Å². The highest BCUT2D eigenvalue weighted by atomic mass is 79.9. The fraction of sp³-hybridized carbons (Fsp3) is 0.300. The summed E-state index contributed by atoms with van der Waals surface area (Å²) < 4.78 is 27.2. The van der Waals surface area contributed by atoms with Gasteiger partial charge in [-0.1, -0.05) is 6.07 Å². The quantitative estimate of drug-likeness (QED) is 0.659. The molecule has 8 heteroatoms. The smallest absolute Gasteiger partial charge is 0.208 e. The van der Waals surface area contributed by atoms with Crippen molar-refractivity contribution in [2.45, 2.75) is 5.03 Å². The van der Waals surface area contributed by atoms with Crippen LogP contribution >= 0.6 is 27.7 Å². The van der Waals surface area contributed by atoms with Crippen LogP contribution in [0.1, 0.15) is 0 Å². The van der Waals surface area contributed by atoms with Crippen molar-refractivity contribution in [2.24, 2.45) is 0 Å². The van der Waals surface area contributed by atoms with Crippen LogP contribution in [0, 0.1) is 0 Å². The zero-order valence-corrected chi connectivity index (χ0v) is 12.8. The standard InChI is InChI=1S/C10H12BrN3O2S2/c1-18(15,16)13-5-6-17-10-4-2-3-9-12-7-8(11)14(9)10/h2-4,7,13H,5-6H2,1H3. The summed E-state index contributed by atoms with van der Waals surface area (Å²) in [4.78, 5) is 4.24. The molecule has 0 aliphatic rings. The van der Waals surface area contributed by atoms with Gasteiger partial charge >= 0.3 is 0 Å². The maximum atomic E-state index is 10.9. The van der Waals surface area contributed by atoms with Crippen LogP contribution in [0.15, 0.2) is 34.0 Å². The molecule has 5 nitrogen and oxygen atoms in total. The first-order valence-electron chi connectivity index (χ1n) is 5.17. The van der Waals surface area contributed by atoms with Gasteiger partial charge in [0.2, 0.25) is 10.0 Å². The molecule has 0 radical (unpaired) electrons. The maximum Gasteiger partial charge on any atom is 0.208 e. The normalized spacial score (nSPS) is 12.1. The van der Waals surface area contributed by atoms with Gasteiger partial charge in [0, 0.05) is 12.3 Å². The predicted octanol–water partition coefficient (Wildman–Crippen LogP) is 1.74. The Bertz CT molecular complexity index is 654. The third-order valence-electron chi connectivity index (χ3n) is 2.17. The highest BCUT2D eigenvalue weighted by Crippen LogP contribution is 2.23. The van der Waals surface area contributed by atoms with Crippen molar-refractivity contribution in [2.75, 3.05) is 18.6 Å². The van der Waals surface area contributed by atoms with E-state index >= 15 is 0 Å². The molecule has 0 spiro atoms. The number of thioether (sulfide) groups is 1. The molecular weight excluding hydrogens is 338 g/mol. The van der Waals surface area contributed by atoms with Gasteiger partial charge in [-0.25, -0.2) is 18.1 Å². The Morgan fingerprint density at radius 2 is 2.28 bits per heavy atom. The average Bonchev–Trinajstić information content (AvgIpc) is 2.66. The fourth-order valence-electron chi connectivity index (χ4n) is 1.47. The molecule has 0 fully saturated rings. The van der Waals surface area contributed by atoms with Gasteiger partial charge in [-0.15, -0.1) is 11.8 Å². The second-order valence-electron chi connectivity index (χ2n) is 3.65. The molecule has 0 bridgehead atoms. The van der Waals surface area contributed by atoms with E-state index in [0.717, 1.165) is 21.5 Å². The minimum absolute atomic E-state index is 0.409. The Kier molecular flexibility index (Phi) is 4.31. The van der Waals surface area contributed by atoms with Crippen molar-refractivity contribution in [1.82, 2.24) is 14.1 Å². The summed E-state index contributed by atoms with van der Waals surface area (Å²) in [6.07, 6.45) is 2.90. The van der Waals surface area contributed by atoms with Crippen LogP contribution in [-0.2, 0) is 10.0 Å². The Morgan fingerprint density at radius 3 is 3.00 bits per heavy atom. The Balaban J connectivity index is 2.06. The molecule has 0 unspecified atom stereocenters. The van der Waals surface area contributed by atoms with Gasteiger partial charge in [-0.2, -0.15) is 0 Å². The molecule has 2 rings (SSSR count). The number of nitrogens with zero attached hydrogens (tertiary/aromatic N) is 2. The summed E-state index contributed by atoms with van der Waals surface area (Å²) in [7, 11) is -3.11. The zero-order chi connectivity index (χ0) is 13.2. The monoisotopic (exact) mass is 349 g/mol. The van der Waals surface area contributed by atoms with Crippen LogP contribution < -0.4 is 4.72 Å². The first-order chi connectivity index (χ1) is 8.47. The number of hydrogen-bond donors (Lipinski definition) is 1. The van der Waals surface area contributed by atoms with E-state index in [1.807, 2.05) is 22.6 Å². The van der Waals surface area contributed by atoms with Crippen molar-refractivity contribution in [3.63, 3.8) is 0 Å². The number of nitrogens with one attached hydrogen (secondary N) is 1. The summed E-state index contributed by atoms with van der Waals surface area (Å²) in [5.74, 6) is 0.663. The largest absolute Gasteiger partial charge is 0.281 e. The van der Waals surface area contributed by atoms with Gasteiger partial charge in [0.05, 0.1) is 17.5 Å². The third kappa shape index (κ3) is 3.47. The van der Waals surface area contributed by atoms with Crippen molar-refractivity contribution in [1.29, 1.82) is 0 Å². The highest BCUT2D eigenvalue weighted by molar-refractivity contribution is 9.10. The molecule has 0 aliphatic heterocycles. The van der Waals surface area contributed by atoms with Crippen LogP contribution in [0.3, 0.4) is 0 Å². The number of pyridine rings is 1. The number of fused-ring (bicyclic) bond motifs is 1. The third-order valence-corrected chi connectivity index (χ3v) is 4.48. The van der Waals surface area contributed by atoms with Gasteiger partial charge in [-0.05, 0) is 28.1 Å². The fourth-order valence-corrected chi connectivity index (χ4v) is 3.57. The van der Waals surface area contributed by atoms with Crippen molar-refractivity contribution < 1.29 is 8.42 Å². The predicted molar refractivity (Wildman–Crippen MR) is 76.5 cm³/mol. The van der Waals surface area contributed by atoms with E-state index < -0.39 is 10.0 Å². The molecule has 0 aliphatic carbocycles. The molecule has 1 N–H and O–H groups in total. The van der Waals surface area contributed by atoms with E-state index in [2.05, 4.69) is 25.6 Å². The summed E-state index contributed by atoms with van der Waals surface area (Å²) in [6, 6.07) is 5.83. The van der Waals surface area contributed by atoms with Crippen LogP contribution in [0.25, 0.3) is 5.65 Å². The van der Waals surface area contributed by atoms with E-state index in [1.54, 1.807) is 18.0 Å². The summed E-state index contributed by atoms with van der Waals surface area (Å²) in [5.41, 5.74) is 0.864. The van der Waals surface area contributed by atoms with E-state index in [0.29, 0.717) is 12.3 Å². The number of sulfonamides is 1. The molecular formula is C10H12BrN3O2S2. The molecule has 2 aromatic heterocycles. The van der Waals surface area contributed by atoms with E-state index in [-0.39, 0.29) is 0 Å². The second kappa shape index (κ2) is 5.60. The lowest BCUT2D eigenvalue weighted by Crippen LogP contribution is -2.24. The number of rotatable bonds is 5. The van der Waals surface area contributed by atoms with Gasteiger partial charge in [0.1, 0.15) is 10.3 Å². The van der Waals surface area contributed by atoms with Crippen LogP contribution in [0.5, 0.6) is 0 Å². The van der Waals surface area contributed by atoms with Gasteiger partial charge in [0.25, 0.3) is 0 Å². The first kappa shape index (κ1) is 13.9. The first-order valence-corrected chi connectivity index (χ1v) is 8.84. The van der Waals surface area contributed by atoms with Crippen molar-refractivity contribution in [3.8, 4) is 0 Å². The van der Waals surface area contributed by atoms with Crippen molar-refractivity contribution in [3.05, 3.63) is 29.0 Å². The van der Waals surface area contributed by atoms with Gasteiger partial charge < -0.3 is 0 Å². The number of aromatic nitrogens is 2. The molecule has 2 aromatic rings. The van der Waals surface area contributed by atoms with Gasteiger partial charge in [0.15, 0.2) is 0 Å². The number of imidazole rings is 1. The number of hydrogen-bond acceptors (Lipinski definition) is 4. The average molecular weight is 350 g/mol. The Hall–Kier alpha value is -0.570. The molecule has 18 heavy (non-hydrogen) atoms. The van der Waals surface area contributed by atoms with E-state index in [1.165, 1.54) is 0 Å². The molecule has 0 saturated heterocycles. The van der Waals surface area contributed by atoms with Gasteiger partial charge in [-0.3, -0.25) is 4.40 Å². The molecule has 0 saturated carbocycles. The molecule has 0 amide bonds. The molecule has 2 heterocycles. The van der Waals surface area contributed by atoms with Crippen LogP contribution in [-0.4, -0.2) is 36.4 Å². The topological polar surface area (TPSA) is 63.5 Å². The zero-order valence-electron chi connectivity index (χ0n) is 9.63. The summed E-state index contributed by atoms with van der Waals surface area (Å²) >= 11 is 5.01. The molecule has 0 atom stereocenters. The minimum Gasteiger partial charge on any atom is -0.281 e. The molecule has 98 valence electrons. The van der Waals surface area contributed by atoms with Crippen LogP contribution in [0.2, 0.25) is 0 Å². The SMILES string of the molecule is CS(=O)(=O)NCCSc1cccc2ncc(Br)n12. The highest BCUT2D eigenvalue weighted by Gasteiger charge is 2.06. The van der Waals surface area contributed by atoms with E-state index in [9.17, 15) is 8.42 Å². The molecule has 0 aromatic carbocycles. The lowest BCUT2D eigenvalue weighted by molar-refractivity contribution is 0.590. The Morgan fingerprint density at radius 1 is 1.50 bits per heavy atom. The minimum atomic E-state index is -3.11.